The van der Waals surface area contributed by atoms with Gasteiger partial charge in [-0.15, -0.1) is 6.58 Å². The molecular formula is C28H24ClFN4O2. The number of aryl methyl sites for hydroxylation is 1. The van der Waals surface area contributed by atoms with Crippen LogP contribution in [0.5, 0.6) is 0 Å². The third kappa shape index (κ3) is 5.70. The molecule has 0 saturated carbocycles. The van der Waals surface area contributed by atoms with Crippen molar-refractivity contribution in [3.05, 3.63) is 114 Å². The fraction of sp³-hybridized carbons (Fsp3) is 0.107. The van der Waals surface area contributed by atoms with Gasteiger partial charge in [0, 0.05) is 29.0 Å². The largest absolute Gasteiger partial charge is 0.326 e. The molecule has 3 aromatic carbocycles. The predicted molar refractivity (Wildman–Crippen MR) is 140 cm³/mol. The summed E-state index contributed by atoms with van der Waals surface area (Å²) in [6.45, 7) is 5.39. The molecule has 0 aliphatic heterocycles. The first kappa shape index (κ1) is 24.9. The lowest BCUT2D eigenvalue weighted by atomic mass is 10.2. The van der Waals surface area contributed by atoms with Crippen LogP contribution in [0.2, 0.25) is 5.02 Å². The fourth-order valence-corrected chi connectivity index (χ4v) is 3.85. The second kappa shape index (κ2) is 11.0. The Balaban J connectivity index is 1.63. The average Bonchev–Trinajstić information content (AvgIpc) is 3.27. The maximum absolute atomic E-state index is 14.2. The molecule has 0 radical (unpaired) electrons. The van der Waals surface area contributed by atoms with Gasteiger partial charge < -0.3 is 4.90 Å². The van der Waals surface area contributed by atoms with Gasteiger partial charge in [0.1, 0.15) is 12.4 Å². The van der Waals surface area contributed by atoms with Gasteiger partial charge in [0.05, 0.1) is 11.3 Å². The lowest BCUT2D eigenvalue weighted by Gasteiger charge is -2.21. The number of amides is 2. The summed E-state index contributed by atoms with van der Waals surface area (Å²) < 4.78 is 16.0. The molecule has 1 N–H and O–H groups in total. The zero-order chi connectivity index (χ0) is 25.7. The van der Waals surface area contributed by atoms with E-state index in [1.807, 2.05) is 49.5 Å². The first-order valence-corrected chi connectivity index (χ1v) is 11.6. The molecule has 8 heteroatoms. The number of carbonyl (C=O) groups is 2. The third-order valence-electron chi connectivity index (χ3n) is 5.45. The molecule has 0 atom stereocenters. The third-order valence-corrected chi connectivity index (χ3v) is 5.70. The number of halogens is 2. The number of nitrogens with one attached hydrogen (secondary N) is 1. The van der Waals surface area contributed by atoms with Crippen molar-refractivity contribution in [1.29, 1.82) is 0 Å². The van der Waals surface area contributed by atoms with E-state index in [2.05, 4.69) is 16.9 Å². The van der Waals surface area contributed by atoms with E-state index in [9.17, 15) is 14.0 Å². The first-order valence-electron chi connectivity index (χ1n) is 11.2. The molecule has 0 aliphatic carbocycles. The lowest BCUT2D eigenvalue weighted by Crippen LogP contribution is -2.38. The molecular weight excluding hydrogens is 479 g/mol. The van der Waals surface area contributed by atoms with Crippen molar-refractivity contribution in [2.24, 2.45) is 0 Å². The Kier molecular flexibility index (Phi) is 7.61. The molecule has 0 saturated heterocycles. The minimum Gasteiger partial charge on any atom is -0.326 e. The summed E-state index contributed by atoms with van der Waals surface area (Å²) in [5, 5.41) is 3.41. The summed E-state index contributed by atoms with van der Waals surface area (Å²) in [5.74, 6) is -1.46. The molecule has 0 fully saturated rings. The van der Waals surface area contributed by atoms with Gasteiger partial charge in [0.2, 0.25) is 11.9 Å². The summed E-state index contributed by atoms with van der Waals surface area (Å²) >= 11 is 6.03. The second-order valence-corrected chi connectivity index (χ2v) is 8.60. The Morgan fingerprint density at radius 3 is 2.56 bits per heavy atom. The van der Waals surface area contributed by atoms with E-state index >= 15 is 0 Å². The zero-order valence-corrected chi connectivity index (χ0v) is 20.4. The molecule has 0 spiro atoms. The quantitative estimate of drug-likeness (QED) is 0.305. The molecule has 2 amide bonds. The molecule has 6 nitrogen and oxygen atoms in total. The van der Waals surface area contributed by atoms with Gasteiger partial charge in [-0.1, -0.05) is 54.1 Å². The van der Waals surface area contributed by atoms with Crippen LogP contribution in [0.3, 0.4) is 0 Å². The van der Waals surface area contributed by atoms with E-state index in [0.717, 1.165) is 16.8 Å². The molecule has 36 heavy (non-hydrogen) atoms. The zero-order valence-electron chi connectivity index (χ0n) is 19.6. The highest BCUT2D eigenvalue weighted by atomic mass is 35.5. The lowest BCUT2D eigenvalue weighted by molar-refractivity contribution is -0.116. The van der Waals surface area contributed by atoms with Crippen molar-refractivity contribution in [3.63, 3.8) is 0 Å². The van der Waals surface area contributed by atoms with Crippen molar-refractivity contribution >= 4 is 29.4 Å². The number of nitrogens with zero attached hydrogens (tertiary/aromatic N) is 3. The maximum atomic E-state index is 14.2. The van der Waals surface area contributed by atoms with Crippen LogP contribution < -0.4 is 5.32 Å². The van der Waals surface area contributed by atoms with E-state index < -0.39 is 17.6 Å². The van der Waals surface area contributed by atoms with Crippen LogP contribution in [0.15, 0.2) is 91.6 Å². The van der Waals surface area contributed by atoms with E-state index in [-0.39, 0.29) is 24.6 Å². The van der Waals surface area contributed by atoms with E-state index in [1.54, 1.807) is 22.8 Å². The average molecular weight is 503 g/mol. The maximum Gasteiger partial charge on any atom is 0.257 e. The molecule has 0 bridgehead atoms. The first-order chi connectivity index (χ1) is 17.4. The molecule has 4 aromatic rings. The SMILES string of the molecule is C=CCN(CC(=O)Nc1nc(-c2ccc(Cl)cc2)cn1-c1cccc(C)c1)C(=O)c1ccccc1F. The topological polar surface area (TPSA) is 67.2 Å². The summed E-state index contributed by atoms with van der Waals surface area (Å²) in [6, 6.07) is 20.6. The van der Waals surface area contributed by atoms with Gasteiger partial charge in [0.25, 0.3) is 5.91 Å². The smallest absolute Gasteiger partial charge is 0.257 e. The highest BCUT2D eigenvalue weighted by Gasteiger charge is 2.22. The van der Waals surface area contributed by atoms with E-state index in [4.69, 9.17) is 11.6 Å². The normalized spacial score (nSPS) is 10.6. The van der Waals surface area contributed by atoms with Crippen LogP contribution in [0, 0.1) is 12.7 Å². The molecule has 1 heterocycles. The predicted octanol–water partition coefficient (Wildman–Crippen LogP) is 5.91. The van der Waals surface area contributed by atoms with Crippen LogP contribution in [-0.2, 0) is 4.79 Å². The highest BCUT2D eigenvalue weighted by molar-refractivity contribution is 6.30. The van der Waals surface area contributed by atoms with Crippen LogP contribution in [0.1, 0.15) is 15.9 Å². The van der Waals surface area contributed by atoms with E-state index in [1.165, 1.54) is 29.2 Å². The van der Waals surface area contributed by atoms with Crippen LogP contribution in [-0.4, -0.2) is 39.4 Å². The Morgan fingerprint density at radius 1 is 1.11 bits per heavy atom. The Labute approximate surface area is 213 Å². The van der Waals surface area contributed by atoms with Gasteiger partial charge in [-0.3, -0.25) is 19.5 Å². The monoisotopic (exact) mass is 502 g/mol. The number of anilines is 1. The van der Waals surface area contributed by atoms with E-state index in [0.29, 0.717) is 10.7 Å². The van der Waals surface area contributed by atoms with Gasteiger partial charge in [-0.05, 0) is 48.9 Å². The number of rotatable bonds is 8. The van der Waals surface area contributed by atoms with Crippen molar-refractivity contribution < 1.29 is 14.0 Å². The minimum atomic E-state index is -0.653. The summed E-state index contributed by atoms with van der Waals surface area (Å²) in [4.78, 5) is 31.8. The van der Waals surface area contributed by atoms with Crippen LogP contribution in [0.4, 0.5) is 10.3 Å². The fourth-order valence-electron chi connectivity index (χ4n) is 3.72. The number of benzene rings is 3. The standard InChI is InChI=1S/C28H24ClFN4O2/c1-3-15-33(27(36)23-9-4-5-10-24(23)30)18-26(35)32-28-31-25(20-11-13-21(29)14-12-20)17-34(28)22-8-6-7-19(2)16-22/h3-14,16-17H,1,15,18H2,2H3,(H,31,32,35). The van der Waals surface area contributed by atoms with Crippen molar-refractivity contribution in [2.45, 2.75) is 6.92 Å². The van der Waals surface area contributed by atoms with Crippen molar-refractivity contribution in [1.82, 2.24) is 14.5 Å². The van der Waals surface area contributed by atoms with Crippen molar-refractivity contribution in [3.8, 4) is 16.9 Å². The summed E-state index contributed by atoms with van der Waals surface area (Å²) in [6.07, 6.45) is 3.30. The number of aromatic nitrogens is 2. The van der Waals surface area contributed by atoms with Gasteiger partial charge >= 0.3 is 0 Å². The van der Waals surface area contributed by atoms with Crippen LogP contribution in [0.25, 0.3) is 16.9 Å². The summed E-state index contributed by atoms with van der Waals surface area (Å²) in [7, 11) is 0. The number of hydrogen-bond donors (Lipinski definition) is 1. The van der Waals surface area contributed by atoms with Crippen molar-refractivity contribution in [2.75, 3.05) is 18.4 Å². The second-order valence-electron chi connectivity index (χ2n) is 8.17. The molecule has 4 rings (SSSR count). The highest BCUT2D eigenvalue weighted by Crippen LogP contribution is 2.26. The molecule has 0 aliphatic rings. The summed E-state index contributed by atoms with van der Waals surface area (Å²) in [5.41, 5.74) is 3.19. The minimum absolute atomic E-state index is 0.0724. The Morgan fingerprint density at radius 2 is 1.86 bits per heavy atom. The Hall–Kier alpha value is -4.23. The number of hydrogen-bond acceptors (Lipinski definition) is 3. The molecule has 1 aromatic heterocycles. The van der Waals surface area contributed by atoms with Gasteiger partial charge in [-0.25, -0.2) is 9.37 Å². The van der Waals surface area contributed by atoms with Crippen LogP contribution >= 0.6 is 11.6 Å². The molecule has 0 unspecified atom stereocenters. The van der Waals surface area contributed by atoms with Gasteiger partial charge in [0.15, 0.2) is 0 Å². The number of imidazole rings is 1. The molecule has 182 valence electrons. The Bertz CT molecular complexity index is 1420. The van der Waals surface area contributed by atoms with Gasteiger partial charge in [-0.2, -0.15) is 0 Å². The number of carbonyl (C=O) groups excluding carboxylic acids is 2.